The van der Waals surface area contributed by atoms with Crippen molar-refractivity contribution in [1.29, 1.82) is 0 Å². The predicted molar refractivity (Wildman–Crippen MR) is 96.1 cm³/mol. The monoisotopic (exact) mass is 376 g/mol. The van der Waals surface area contributed by atoms with Crippen LogP contribution in [0.5, 0.6) is 0 Å². The van der Waals surface area contributed by atoms with E-state index in [-0.39, 0.29) is 17.7 Å². The van der Waals surface area contributed by atoms with Crippen LogP contribution >= 0.6 is 11.3 Å². The van der Waals surface area contributed by atoms with Gasteiger partial charge in [0.05, 0.1) is 17.7 Å². The minimum absolute atomic E-state index is 0.00143. The van der Waals surface area contributed by atoms with Crippen LogP contribution in [0.25, 0.3) is 10.6 Å². The molecule has 0 saturated heterocycles. The van der Waals surface area contributed by atoms with Gasteiger partial charge in [0.25, 0.3) is 0 Å². The minimum Gasteiger partial charge on any atom is -0.326 e. The molecule has 0 aliphatic heterocycles. The van der Waals surface area contributed by atoms with Gasteiger partial charge in [-0.25, -0.2) is 4.98 Å². The molecule has 0 fully saturated rings. The third-order valence-corrected chi connectivity index (χ3v) is 4.68. The molecule has 3 aromatic rings. The molecule has 0 spiro atoms. The second kappa shape index (κ2) is 7.29. The summed E-state index contributed by atoms with van der Waals surface area (Å²) in [4.78, 5) is 16.6. The number of alkyl halides is 3. The minimum atomic E-state index is -4.45. The van der Waals surface area contributed by atoms with Crippen molar-refractivity contribution in [2.75, 3.05) is 5.32 Å². The molecule has 0 unspecified atom stereocenters. The second-order valence-electron chi connectivity index (χ2n) is 5.76. The highest BCUT2D eigenvalue weighted by molar-refractivity contribution is 7.13. The molecule has 0 atom stereocenters. The first-order valence-electron chi connectivity index (χ1n) is 7.80. The highest BCUT2D eigenvalue weighted by atomic mass is 32.1. The molecule has 134 valence electrons. The smallest absolute Gasteiger partial charge is 0.326 e. The van der Waals surface area contributed by atoms with Gasteiger partial charge in [0.1, 0.15) is 5.01 Å². The maximum atomic E-state index is 13.0. The second-order valence-corrected chi connectivity index (χ2v) is 6.62. The van der Waals surface area contributed by atoms with Crippen LogP contribution in [0.4, 0.5) is 18.9 Å². The van der Waals surface area contributed by atoms with Crippen LogP contribution in [0.2, 0.25) is 0 Å². The van der Waals surface area contributed by atoms with Crippen LogP contribution < -0.4 is 5.32 Å². The van der Waals surface area contributed by atoms with Crippen LogP contribution in [0.15, 0.2) is 53.9 Å². The van der Waals surface area contributed by atoms with Crippen LogP contribution in [-0.4, -0.2) is 10.9 Å². The van der Waals surface area contributed by atoms with Gasteiger partial charge in [-0.3, -0.25) is 4.79 Å². The zero-order valence-corrected chi connectivity index (χ0v) is 14.6. The summed E-state index contributed by atoms with van der Waals surface area (Å²) in [6.45, 7) is 1.38. The number of hydrogen-bond donors (Lipinski definition) is 1. The number of carbonyl (C=O) groups excluding carboxylic acids is 1. The molecule has 1 amide bonds. The number of anilines is 1. The van der Waals surface area contributed by atoms with Crippen molar-refractivity contribution >= 4 is 22.9 Å². The third-order valence-electron chi connectivity index (χ3n) is 3.74. The molecule has 0 aliphatic carbocycles. The number of thiazole rings is 1. The van der Waals surface area contributed by atoms with E-state index < -0.39 is 17.6 Å². The zero-order chi connectivity index (χ0) is 18.7. The van der Waals surface area contributed by atoms with E-state index in [0.29, 0.717) is 5.69 Å². The Hall–Kier alpha value is -2.67. The van der Waals surface area contributed by atoms with Gasteiger partial charge in [-0.15, -0.1) is 11.3 Å². The lowest BCUT2D eigenvalue weighted by atomic mass is 10.1. The number of nitrogens with one attached hydrogen (secondary N) is 1. The molecule has 0 radical (unpaired) electrons. The van der Waals surface area contributed by atoms with Gasteiger partial charge in [0, 0.05) is 16.6 Å². The van der Waals surface area contributed by atoms with Gasteiger partial charge in [-0.1, -0.05) is 36.4 Å². The number of nitrogens with zero attached hydrogens (tertiary/aromatic N) is 1. The van der Waals surface area contributed by atoms with E-state index in [9.17, 15) is 18.0 Å². The van der Waals surface area contributed by atoms with Gasteiger partial charge in [0.15, 0.2) is 0 Å². The molecule has 26 heavy (non-hydrogen) atoms. The van der Waals surface area contributed by atoms with Gasteiger partial charge in [0.2, 0.25) is 5.91 Å². The highest BCUT2D eigenvalue weighted by Crippen LogP contribution is 2.33. The Morgan fingerprint density at radius 1 is 1.15 bits per heavy atom. The normalized spacial score (nSPS) is 11.4. The zero-order valence-electron chi connectivity index (χ0n) is 13.8. The average molecular weight is 376 g/mol. The summed E-state index contributed by atoms with van der Waals surface area (Å²) < 4.78 is 38.9. The summed E-state index contributed by atoms with van der Waals surface area (Å²) in [5.74, 6) is -0.410. The lowest BCUT2D eigenvalue weighted by Gasteiger charge is -2.12. The molecule has 3 nitrogen and oxygen atoms in total. The summed E-state index contributed by atoms with van der Waals surface area (Å²) >= 11 is 1.42. The third kappa shape index (κ3) is 4.29. The fraction of sp³-hybridized carbons (Fsp3) is 0.158. The fourth-order valence-corrected chi connectivity index (χ4v) is 3.30. The Labute approximate surface area is 152 Å². The number of aromatic nitrogens is 1. The van der Waals surface area contributed by atoms with E-state index >= 15 is 0 Å². The maximum absolute atomic E-state index is 13.0. The summed E-state index contributed by atoms with van der Waals surface area (Å²) in [7, 11) is 0. The van der Waals surface area contributed by atoms with Gasteiger partial charge in [-0.2, -0.15) is 13.2 Å². The lowest BCUT2D eigenvalue weighted by Crippen LogP contribution is -2.16. The van der Waals surface area contributed by atoms with Crippen LogP contribution in [0.1, 0.15) is 16.8 Å². The van der Waals surface area contributed by atoms with Crippen molar-refractivity contribution in [3.8, 4) is 10.6 Å². The largest absolute Gasteiger partial charge is 0.416 e. The molecule has 3 rings (SSSR count). The van der Waals surface area contributed by atoms with E-state index in [4.69, 9.17) is 0 Å². The van der Waals surface area contributed by atoms with Crippen molar-refractivity contribution in [3.63, 3.8) is 0 Å². The SMILES string of the molecule is Cc1ccc(NC(=O)Cc2csc(-c3ccccc3)n2)cc1C(F)(F)F. The van der Waals surface area contributed by atoms with Crippen molar-refractivity contribution in [2.24, 2.45) is 0 Å². The molecule has 0 bridgehead atoms. The first-order valence-corrected chi connectivity index (χ1v) is 8.68. The summed E-state index contributed by atoms with van der Waals surface area (Å²) in [6.07, 6.45) is -4.46. The lowest BCUT2D eigenvalue weighted by molar-refractivity contribution is -0.138. The van der Waals surface area contributed by atoms with E-state index in [1.807, 2.05) is 30.3 Å². The van der Waals surface area contributed by atoms with Crippen molar-refractivity contribution in [1.82, 2.24) is 4.98 Å². The molecule has 1 aromatic heterocycles. The fourth-order valence-electron chi connectivity index (χ4n) is 2.48. The molecule has 1 heterocycles. The average Bonchev–Trinajstić information content (AvgIpc) is 3.05. The van der Waals surface area contributed by atoms with Gasteiger partial charge >= 0.3 is 6.18 Å². The Balaban J connectivity index is 1.69. The topological polar surface area (TPSA) is 42.0 Å². The van der Waals surface area contributed by atoms with Crippen LogP contribution in [0, 0.1) is 6.92 Å². The Bertz CT molecular complexity index is 920. The molecule has 0 aliphatic rings. The summed E-state index contributed by atoms with van der Waals surface area (Å²) in [5, 5.41) is 5.08. The van der Waals surface area contributed by atoms with Gasteiger partial charge < -0.3 is 5.32 Å². The standard InChI is InChI=1S/C19H15F3N2OS/c1-12-7-8-14(9-16(12)19(20,21)22)23-17(25)10-15-11-26-18(24-15)13-5-3-2-4-6-13/h2-9,11H,10H2,1H3,(H,23,25). The molecule has 1 N–H and O–H groups in total. The number of halogens is 3. The number of aryl methyl sites for hydroxylation is 1. The van der Waals surface area contributed by atoms with Crippen molar-refractivity contribution in [3.05, 3.63) is 70.7 Å². The first kappa shape index (κ1) is 18.1. The van der Waals surface area contributed by atoms with E-state index in [2.05, 4.69) is 10.3 Å². The Kier molecular flexibility index (Phi) is 5.08. The number of benzene rings is 2. The summed E-state index contributed by atoms with van der Waals surface area (Å²) in [5.41, 5.74) is 1.01. The molecular formula is C19H15F3N2OS. The van der Waals surface area contributed by atoms with Gasteiger partial charge in [-0.05, 0) is 24.6 Å². The van der Waals surface area contributed by atoms with E-state index in [1.54, 1.807) is 5.38 Å². The Morgan fingerprint density at radius 2 is 1.88 bits per heavy atom. The van der Waals surface area contributed by atoms with Crippen LogP contribution in [0.3, 0.4) is 0 Å². The Morgan fingerprint density at radius 3 is 2.58 bits per heavy atom. The molecule has 2 aromatic carbocycles. The van der Waals surface area contributed by atoms with E-state index in [0.717, 1.165) is 16.6 Å². The predicted octanol–water partition coefficient (Wildman–Crippen LogP) is 5.32. The van der Waals surface area contributed by atoms with Crippen molar-refractivity contribution in [2.45, 2.75) is 19.5 Å². The van der Waals surface area contributed by atoms with Crippen molar-refractivity contribution < 1.29 is 18.0 Å². The number of hydrogen-bond acceptors (Lipinski definition) is 3. The summed E-state index contributed by atoms with van der Waals surface area (Å²) in [6, 6.07) is 13.3. The van der Waals surface area contributed by atoms with Crippen LogP contribution in [-0.2, 0) is 17.4 Å². The highest BCUT2D eigenvalue weighted by Gasteiger charge is 2.32. The quantitative estimate of drug-likeness (QED) is 0.670. The molecule has 7 heteroatoms. The number of carbonyl (C=O) groups is 1. The first-order chi connectivity index (χ1) is 12.3. The van der Waals surface area contributed by atoms with E-state index in [1.165, 1.54) is 30.4 Å². The maximum Gasteiger partial charge on any atom is 0.416 e. The molecule has 0 saturated carbocycles. The number of amides is 1. The molecular weight excluding hydrogens is 361 g/mol. The number of rotatable bonds is 4.